The molecule has 0 bridgehead atoms. The van der Waals surface area contributed by atoms with Crippen molar-refractivity contribution in [2.45, 2.75) is 20.3 Å². The molecule has 0 spiro atoms. The maximum absolute atomic E-state index is 12.5. The number of ether oxygens (including phenoxy) is 2. The van der Waals surface area contributed by atoms with E-state index in [1.165, 1.54) is 0 Å². The first kappa shape index (κ1) is 20.3. The second-order valence-electron chi connectivity index (χ2n) is 6.64. The van der Waals surface area contributed by atoms with Crippen molar-refractivity contribution in [3.05, 3.63) is 54.1 Å². The Morgan fingerprint density at radius 3 is 2.22 bits per heavy atom. The van der Waals surface area contributed by atoms with Crippen molar-refractivity contribution in [1.82, 2.24) is 5.32 Å². The fraction of sp³-hybridized carbons (Fsp3) is 0.333. The van der Waals surface area contributed by atoms with Crippen LogP contribution in [0.2, 0.25) is 0 Å². The van der Waals surface area contributed by atoms with E-state index < -0.39 is 5.41 Å². The molecule has 0 heterocycles. The van der Waals surface area contributed by atoms with Crippen LogP contribution in [0.15, 0.2) is 48.5 Å². The maximum atomic E-state index is 12.5. The number of hydrogen-bond acceptors (Lipinski definition) is 4. The average molecular weight is 370 g/mol. The molecule has 0 saturated heterocycles. The summed E-state index contributed by atoms with van der Waals surface area (Å²) in [5, 5.41) is 5.60. The van der Waals surface area contributed by atoms with E-state index in [-0.39, 0.29) is 11.8 Å². The van der Waals surface area contributed by atoms with Crippen LogP contribution in [0.5, 0.6) is 11.5 Å². The standard InChI is InChI=1S/C21H26N2O4/c1-21(2,20(25)23-16-8-6-5-7-9-16)19(24)22-13-12-15-10-11-17(26-3)18(14-15)27-4/h5-11,14H,12-13H2,1-4H3,(H,22,24)(H,23,25). The van der Waals surface area contributed by atoms with Crippen LogP contribution in [0, 0.1) is 5.41 Å². The minimum Gasteiger partial charge on any atom is -0.493 e. The van der Waals surface area contributed by atoms with Gasteiger partial charge in [0.1, 0.15) is 5.41 Å². The van der Waals surface area contributed by atoms with Gasteiger partial charge in [0, 0.05) is 12.2 Å². The monoisotopic (exact) mass is 370 g/mol. The predicted octanol–water partition coefficient (Wildman–Crippen LogP) is 3.03. The van der Waals surface area contributed by atoms with Crippen LogP contribution in [-0.2, 0) is 16.0 Å². The molecule has 6 heteroatoms. The molecule has 0 aliphatic heterocycles. The van der Waals surface area contributed by atoms with Crippen LogP contribution in [0.1, 0.15) is 19.4 Å². The minimum absolute atomic E-state index is 0.323. The normalized spacial score (nSPS) is 10.8. The van der Waals surface area contributed by atoms with Crippen molar-refractivity contribution in [1.29, 1.82) is 0 Å². The van der Waals surface area contributed by atoms with Gasteiger partial charge >= 0.3 is 0 Å². The molecular formula is C21H26N2O4. The number of amides is 2. The summed E-state index contributed by atoms with van der Waals surface area (Å²) < 4.78 is 10.5. The van der Waals surface area contributed by atoms with Gasteiger partial charge in [-0.15, -0.1) is 0 Å². The highest BCUT2D eigenvalue weighted by Gasteiger charge is 2.35. The molecular weight excluding hydrogens is 344 g/mol. The summed E-state index contributed by atoms with van der Waals surface area (Å²) in [5.41, 5.74) is 0.473. The van der Waals surface area contributed by atoms with E-state index in [0.717, 1.165) is 5.56 Å². The molecule has 2 aromatic rings. The van der Waals surface area contributed by atoms with Gasteiger partial charge in [0.25, 0.3) is 0 Å². The lowest BCUT2D eigenvalue weighted by molar-refractivity contribution is -0.138. The lowest BCUT2D eigenvalue weighted by atomic mass is 9.91. The molecule has 0 atom stereocenters. The van der Waals surface area contributed by atoms with Crippen molar-refractivity contribution in [3.8, 4) is 11.5 Å². The fourth-order valence-electron chi connectivity index (χ4n) is 2.49. The van der Waals surface area contributed by atoms with E-state index in [9.17, 15) is 9.59 Å². The van der Waals surface area contributed by atoms with Gasteiger partial charge in [-0.3, -0.25) is 9.59 Å². The van der Waals surface area contributed by atoms with Gasteiger partial charge in [0.2, 0.25) is 11.8 Å². The van der Waals surface area contributed by atoms with Gasteiger partial charge < -0.3 is 20.1 Å². The van der Waals surface area contributed by atoms with Gasteiger partial charge in [0.15, 0.2) is 11.5 Å². The van der Waals surface area contributed by atoms with Gasteiger partial charge in [-0.2, -0.15) is 0 Å². The number of hydrogen-bond donors (Lipinski definition) is 2. The molecule has 0 aliphatic rings. The summed E-state index contributed by atoms with van der Waals surface area (Å²) in [4.78, 5) is 25.0. The number of anilines is 1. The zero-order valence-electron chi connectivity index (χ0n) is 16.2. The largest absolute Gasteiger partial charge is 0.493 e. The first-order chi connectivity index (χ1) is 12.9. The summed E-state index contributed by atoms with van der Waals surface area (Å²) >= 11 is 0. The van der Waals surface area contributed by atoms with Gasteiger partial charge in [-0.05, 0) is 50.1 Å². The molecule has 0 unspecified atom stereocenters. The van der Waals surface area contributed by atoms with Crippen molar-refractivity contribution in [3.63, 3.8) is 0 Å². The van der Waals surface area contributed by atoms with Crippen molar-refractivity contribution >= 4 is 17.5 Å². The van der Waals surface area contributed by atoms with E-state index in [1.54, 1.807) is 40.2 Å². The molecule has 2 aromatic carbocycles. The molecule has 0 saturated carbocycles. The average Bonchev–Trinajstić information content (AvgIpc) is 2.68. The van der Waals surface area contributed by atoms with Crippen molar-refractivity contribution in [2.24, 2.45) is 5.41 Å². The van der Waals surface area contributed by atoms with E-state index in [4.69, 9.17) is 9.47 Å². The summed E-state index contributed by atoms with van der Waals surface area (Å²) in [6.07, 6.45) is 0.614. The predicted molar refractivity (Wildman–Crippen MR) is 105 cm³/mol. The Hall–Kier alpha value is -3.02. The Bertz CT molecular complexity index is 788. The maximum Gasteiger partial charge on any atom is 0.239 e. The Kier molecular flexibility index (Phi) is 6.82. The van der Waals surface area contributed by atoms with E-state index in [2.05, 4.69) is 10.6 Å². The van der Waals surface area contributed by atoms with Crippen molar-refractivity contribution in [2.75, 3.05) is 26.1 Å². The van der Waals surface area contributed by atoms with Crippen LogP contribution >= 0.6 is 0 Å². The zero-order valence-corrected chi connectivity index (χ0v) is 16.2. The highest BCUT2D eigenvalue weighted by molar-refractivity contribution is 6.09. The molecule has 2 N–H and O–H groups in total. The number of rotatable bonds is 8. The van der Waals surface area contributed by atoms with E-state index in [0.29, 0.717) is 30.2 Å². The Balaban J connectivity index is 1.91. The molecule has 0 radical (unpaired) electrons. The Morgan fingerprint density at radius 2 is 1.59 bits per heavy atom. The first-order valence-electron chi connectivity index (χ1n) is 8.74. The highest BCUT2D eigenvalue weighted by Crippen LogP contribution is 2.27. The summed E-state index contributed by atoms with van der Waals surface area (Å²) in [5.74, 6) is 0.627. The van der Waals surface area contributed by atoms with Crippen LogP contribution in [0.4, 0.5) is 5.69 Å². The second-order valence-corrected chi connectivity index (χ2v) is 6.64. The third-order valence-electron chi connectivity index (χ3n) is 4.31. The quantitative estimate of drug-likeness (QED) is 0.701. The smallest absolute Gasteiger partial charge is 0.239 e. The van der Waals surface area contributed by atoms with Gasteiger partial charge in [-0.1, -0.05) is 24.3 Å². The number of para-hydroxylation sites is 1. The summed E-state index contributed by atoms with van der Waals surface area (Å²) in [7, 11) is 3.16. The molecule has 0 aromatic heterocycles. The molecule has 27 heavy (non-hydrogen) atoms. The first-order valence-corrected chi connectivity index (χ1v) is 8.74. The minimum atomic E-state index is -1.19. The number of nitrogens with one attached hydrogen (secondary N) is 2. The van der Waals surface area contributed by atoms with E-state index >= 15 is 0 Å². The number of carbonyl (C=O) groups excluding carboxylic acids is 2. The summed E-state index contributed by atoms with van der Waals surface area (Å²) in [6.45, 7) is 3.63. The van der Waals surface area contributed by atoms with Crippen LogP contribution in [0.25, 0.3) is 0 Å². The molecule has 2 amide bonds. The third-order valence-corrected chi connectivity index (χ3v) is 4.31. The molecule has 144 valence electrons. The molecule has 0 fully saturated rings. The number of carbonyl (C=O) groups is 2. The van der Waals surface area contributed by atoms with Gasteiger partial charge in [0.05, 0.1) is 14.2 Å². The number of methoxy groups -OCH3 is 2. The summed E-state index contributed by atoms with van der Waals surface area (Å²) in [6, 6.07) is 14.7. The molecule has 0 aliphatic carbocycles. The topological polar surface area (TPSA) is 76.7 Å². The molecule has 6 nitrogen and oxygen atoms in total. The lowest BCUT2D eigenvalue weighted by Crippen LogP contribution is -2.45. The third kappa shape index (κ3) is 5.23. The van der Waals surface area contributed by atoms with Crippen LogP contribution in [0.3, 0.4) is 0 Å². The number of benzene rings is 2. The van der Waals surface area contributed by atoms with Crippen LogP contribution in [-0.4, -0.2) is 32.6 Å². The van der Waals surface area contributed by atoms with Crippen molar-refractivity contribution < 1.29 is 19.1 Å². The fourth-order valence-corrected chi connectivity index (χ4v) is 2.49. The van der Waals surface area contributed by atoms with Crippen LogP contribution < -0.4 is 20.1 Å². The Morgan fingerprint density at radius 1 is 0.926 bits per heavy atom. The highest BCUT2D eigenvalue weighted by atomic mass is 16.5. The Labute approximate surface area is 159 Å². The zero-order chi connectivity index (χ0) is 19.9. The van der Waals surface area contributed by atoms with E-state index in [1.807, 2.05) is 36.4 Å². The lowest BCUT2D eigenvalue weighted by Gasteiger charge is -2.22. The second kappa shape index (κ2) is 9.07. The SMILES string of the molecule is COc1ccc(CCNC(=O)C(C)(C)C(=O)Nc2ccccc2)cc1OC. The van der Waals surface area contributed by atoms with Gasteiger partial charge in [-0.25, -0.2) is 0 Å². The molecule has 2 rings (SSSR count).